The third-order valence-corrected chi connectivity index (χ3v) is 18.0. The Morgan fingerprint density at radius 2 is 0.727 bits per heavy atom. The van der Waals surface area contributed by atoms with Crippen LogP contribution >= 0.6 is 0 Å². The molecule has 1 amide bonds. The standard InChI is InChI=1S/C69H129NO18/c1-3-5-7-9-11-13-15-17-19-21-22-23-24-25-26-27-28-29-30-31-33-35-37-39-41-43-45-47-57(75)70-52(53(74)46-44-42-40-38-36-34-32-20-18-16-14-12-10-8-6-4-2)51-83-67-63(81)60(78)65(55(49-72)85-67)88-69-64(82)61(79)66(56(50-73)86-69)87-68-62(80)59(77)58(76)54(48-71)84-68/h36,38,44,46,52-56,58-69,71-74,76-82H,3-35,37,39-43,45,47-51H2,1-2H3,(H,70,75)/b38-36+,46-44+. The zero-order valence-corrected chi connectivity index (χ0v) is 54.7. The van der Waals surface area contributed by atoms with E-state index in [1.54, 1.807) is 6.08 Å². The van der Waals surface area contributed by atoms with Gasteiger partial charge in [0.15, 0.2) is 18.9 Å². The van der Waals surface area contributed by atoms with E-state index in [2.05, 4.69) is 31.3 Å². The molecule has 88 heavy (non-hydrogen) atoms. The van der Waals surface area contributed by atoms with Gasteiger partial charge in [-0.2, -0.15) is 0 Å². The Morgan fingerprint density at radius 3 is 1.14 bits per heavy atom. The maximum Gasteiger partial charge on any atom is 0.220 e. The molecule has 0 aromatic rings. The van der Waals surface area contributed by atoms with Crippen molar-refractivity contribution in [3.8, 4) is 0 Å². The topological polar surface area (TPSA) is 307 Å². The lowest BCUT2D eigenvalue weighted by molar-refractivity contribution is -0.379. The van der Waals surface area contributed by atoms with Crippen molar-refractivity contribution in [1.82, 2.24) is 5.32 Å². The van der Waals surface area contributed by atoms with Crippen LogP contribution in [0.5, 0.6) is 0 Å². The highest BCUT2D eigenvalue weighted by molar-refractivity contribution is 5.76. The van der Waals surface area contributed by atoms with Crippen LogP contribution in [0.4, 0.5) is 0 Å². The summed E-state index contributed by atoms with van der Waals surface area (Å²) in [7, 11) is 0. The quantitative estimate of drug-likeness (QED) is 0.0199. The van der Waals surface area contributed by atoms with Crippen LogP contribution in [0.3, 0.4) is 0 Å². The Labute approximate surface area is 530 Å². The predicted octanol–water partition coefficient (Wildman–Crippen LogP) is 9.44. The molecule has 17 unspecified atom stereocenters. The van der Waals surface area contributed by atoms with Gasteiger partial charge in [-0.15, -0.1) is 0 Å². The molecule has 19 nitrogen and oxygen atoms in total. The highest BCUT2D eigenvalue weighted by Crippen LogP contribution is 2.33. The zero-order chi connectivity index (χ0) is 64.0. The number of ether oxygens (including phenoxy) is 6. The molecule has 12 N–H and O–H groups in total. The lowest BCUT2D eigenvalue weighted by Crippen LogP contribution is -2.66. The SMILES string of the molecule is CCCCCCCCCCCC/C=C/CC/C=C/C(O)C(COC1OC(CO)C(OC2OC(CO)C(OC3OC(CO)C(O)C(O)C3O)C(O)C2O)C(O)C1O)NC(=O)CCCCCCCCCCCCCCCCCCCCCCCCCCCCC. The molecule has 17 atom stereocenters. The van der Waals surface area contributed by atoms with Crippen molar-refractivity contribution in [3.05, 3.63) is 24.3 Å². The number of carbonyl (C=O) groups is 1. The maximum absolute atomic E-state index is 13.4. The van der Waals surface area contributed by atoms with E-state index < -0.39 is 124 Å². The average Bonchev–Trinajstić information content (AvgIpc) is 3.09. The third-order valence-electron chi connectivity index (χ3n) is 18.0. The number of hydrogen-bond acceptors (Lipinski definition) is 18. The summed E-state index contributed by atoms with van der Waals surface area (Å²) in [5.41, 5.74) is 0. The van der Waals surface area contributed by atoms with Crippen molar-refractivity contribution < 1.29 is 89.4 Å². The second kappa shape index (κ2) is 51.7. The van der Waals surface area contributed by atoms with Crippen LogP contribution in [0.25, 0.3) is 0 Å². The van der Waals surface area contributed by atoms with Crippen molar-refractivity contribution in [1.29, 1.82) is 0 Å². The van der Waals surface area contributed by atoms with Gasteiger partial charge in [0.25, 0.3) is 0 Å². The lowest BCUT2D eigenvalue weighted by Gasteiger charge is -2.48. The van der Waals surface area contributed by atoms with Crippen LogP contribution < -0.4 is 5.32 Å². The van der Waals surface area contributed by atoms with Gasteiger partial charge in [0, 0.05) is 6.42 Å². The second-order valence-electron chi connectivity index (χ2n) is 25.7. The summed E-state index contributed by atoms with van der Waals surface area (Å²) in [6.07, 6.45) is 31.7. The fourth-order valence-corrected chi connectivity index (χ4v) is 12.2. The molecule has 0 aromatic carbocycles. The molecule has 3 aliphatic heterocycles. The number of hydrogen-bond donors (Lipinski definition) is 12. The summed E-state index contributed by atoms with van der Waals surface area (Å²) in [4.78, 5) is 13.4. The van der Waals surface area contributed by atoms with Crippen LogP contribution in [0, 0.1) is 0 Å². The fourth-order valence-electron chi connectivity index (χ4n) is 12.2. The van der Waals surface area contributed by atoms with E-state index in [9.17, 15) is 61.0 Å². The molecular formula is C69H129NO18. The number of aliphatic hydroxyl groups is 11. The first-order chi connectivity index (χ1) is 42.8. The molecule has 3 saturated heterocycles. The average molecular weight is 1260 g/mol. The van der Waals surface area contributed by atoms with Crippen molar-refractivity contribution in [2.75, 3.05) is 26.4 Å². The summed E-state index contributed by atoms with van der Waals surface area (Å²) >= 11 is 0. The number of amides is 1. The number of nitrogens with one attached hydrogen (secondary N) is 1. The molecule has 3 rings (SSSR count). The molecule has 0 saturated carbocycles. The van der Waals surface area contributed by atoms with Crippen molar-refractivity contribution in [3.63, 3.8) is 0 Å². The van der Waals surface area contributed by atoms with Gasteiger partial charge in [-0.1, -0.05) is 263 Å². The Bertz CT molecular complexity index is 1690. The predicted molar refractivity (Wildman–Crippen MR) is 342 cm³/mol. The fraction of sp³-hybridized carbons (Fsp3) is 0.928. The first kappa shape index (κ1) is 80.5. The normalized spacial score (nSPS) is 28.5. The summed E-state index contributed by atoms with van der Waals surface area (Å²) in [5.74, 6) is -0.280. The first-order valence-electron chi connectivity index (χ1n) is 35.6. The van der Waals surface area contributed by atoms with E-state index in [0.717, 1.165) is 38.5 Å². The van der Waals surface area contributed by atoms with Gasteiger partial charge in [-0.25, -0.2) is 0 Å². The lowest BCUT2D eigenvalue weighted by atomic mass is 9.96. The van der Waals surface area contributed by atoms with Crippen molar-refractivity contribution in [2.45, 2.75) is 381 Å². The summed E-state index contributed by atoms with van der Waals surface area (Å²) in [6, 6.07) is -0.986. The van der Waals surface area contributed by atoms with E-state index >= 15 is 0 Å². The number of allylic oxidation sites excluding steroid dienone is 3. The van der Waals surface area contributed by atoms with Crippen LogP contribution in [-0.2, 0) is 33.2 Å². The minimum atomic E-state index is -1.98. The van der Waals surface area contributed by atoms with Crippen LogP contribution in [0.2, 0.25) is 0 Å². The number of aliphatic hydroxyl groups excluding tert-OH is 11. The summed E-state index contributed by atoms with van der Waals surface area (Å²) in [6.45, 7) is 1.74. The monoisotopic (exact) mass is 1260 g/mol. The van der Waals surface area contributed by atoms with Gasteiger partial charge in [-0.3, -0.25) is 4.79 Å². The number of unbranched alkanes of at least 4 members (excludes halogenated alkanes) is 37. The van der Waals surface area contributed by atoms with E-state index in [1.165, 1.54) is 205 Å². The molecule has 0 bridgehead atoms. The van der Waals surface area contributed by atoms with Crippen molar-refractivity contribution in [2.24, 2.45) is 0 Å². The summed E-state index contributed by atoms with van der Waals surface area (Å²) < 4.78 is 34.3. The summed E-state index contributed by atoms with van der Waals surface area (Å²) in [5, 5.41) is 120. The molecule has 19 heteroatoms. The van der Waals surface area contributed by atoms with Gasteiger partial charge in [-0.05, 0) is 32.1 Å². The number of rotatable bonds is 55. The molecular weight excluding hydrogens is 1130 g/mol. The molecule has 518 valence electrons. The van der Waals surface area contributed by atoms with Crippen LogP contribution in [0.1, 0.15) is 277 Å². The minimum absolute atomic E-state index is 0.241. The maximum atomic E-state index is 13.4. The Morgan fingerprint density at radius 1 is 0.398 bits per heavy atom. The molecule has 0 aliphatic carbocycles. The Hall–Kier alpha value is -1.73. The molecule has 3 aliphatic rings. The highest BCUT2D eigenvalue weighted by atomic mass is 16.8. The van der Waals surface area contributed by atoms with Gasteiger partial charge < -0.3 is 89.9 Å². The Balaban J connectivity index is 1.41. The van der Waals surface area contributed by atoms with Gasteiger partial charge in [0.1, 0.15) is 73.2 Å². The van der Waals surface area contributed by atoms with Crippen LogP contribution in [0.15, 0.2) is 24.3 Å². The van der Waals surface area contributed by atoms with Gasteiger partial charge in [0.05, 0.1) is 38.6 Å². The third kappa shape index (κ3) is 33.4. The van der Waals surface area contributed by atoms with Crippen molar-refractivity contribution >= 4 is 5.91 Å². The highest BCUT2D eigenvalue weighted by Gasteiger charge is 2.53. The largest absolute Gasteiger partial charge is 0.394 e. The smallest absolute Gasteiger partial charge is 0.220 e. The first-order valence-corrected chi connectivity index (χ1v) is 35.6. The molecule has 3 heterocycles. The molecule has 0 aromatic heterocycles. The second-order valence-corrected chi connectivity index (χ2v) is 25.7. The van der Waals surface area contributed by atoms with Gasteiger partial charge >= 0.3 is 0 Å². The molecule has 0 spiro atoms. The van der Waals surface area contributed by atoms with Gasteiger partial charge in [0.2, 0.25) is 5.91 Å². The zero-order valence-electron chi connectivity index (χ0n) is 54.7. The molecule has 3 fully saturated rings. The minimum Gasteiger partial charge on any atom is -0.394 e. The van der Waals surface area contributed by atoms with E-state index in [1.807, 2.05) is 6.08 Å². The number of carbonyl (C=O) groups excluding carboxylic acids is 1. The van der Waals surface area contributed by atoms with E-state index in [0.29, 0.717) is 12.8 Å². The van der Waals surface area contributed by atoms with Crippen LogP contribution in [-0.4, -0.2) is 193 Å². The Kier molecular flexibility index (Phi) is 47.3. The van der Waals surface area contributed by atoms with E-state index in [-0.39, 0.29) is 18.9 Å². The molecule has 0 radical (unpaired) electrons. The van der Waals surface area contributed by atoms with E-state index in [4.69, 9.17) is 28.4 Å².